The molecule has 4 nitrogen and oxygen atoms in total. The van der Waals surface area contributed by atoms with Crippen LogP contribution in [0.25, 0.3) is 11.1 Å². The highest BCUT2D eigenvalue weighted by Crippen LogP contribution is 2.63. The summed E-state index contributed by atoms with van der Waals surface area (Å²) in [4.78, 5) is 4.86. The van der Waals surface area contributed by atoms with Crippen molar-refractivity contribution < 1.29 is 5.11 Å². The lowest BCUT2D eigenvalue weighted by Crippen LogP contribution is -2.33. The van der Waals surface area contributed by atoms with Gasteiger partial charge in [-0.15, -0.1) is 0 Å². The molecule has 0 spiro atoms. The zero-order valence-corrected chi connectivity index (χ0v) is 24.4. The van der Waals surface area contributed by atoms with Gasteiger partial charge in [0.15, 0.2) is 0 Å². The second-order valence-electron chi connectivity index (χ2n) is 11.3. The number of phenols is 1. The van der Waals surface area contributed by atoms with Gasteiger partial charge < -0.3 is 20.2 Å². The van der Waals surface area contributed by atoms with Gasteiger partial charge in [0.1, 0.15) is 5.75 Å². The molecule has 1 aliphatic carbocycles. The number of anilines is 3. The van der Waals surface area contributed by atoms with Crippen LogP contribution < -0.4 is 15.1 Å². The van der Waals surface area contributed by atoms with E-state index in [1.165, 1.54) is 39.2 Å². The first kappa shape index (κ1) is 26.3. The molecule has 1 aliphatic heterocycles. The highest BCUT2D eigenvalue weighted by molar-refractivity contribution is 5.87. The van der Waals surface area contributed by atoms with E-state index in [1.807, 2.05) is 18.2 Å². The van der Waals surface area contributed by atoms with E-state index in [0.717, 1.165) is 37.4 Å². The van der Waals surface area contributed by atoms with Crippen LogP contribution in [0.4, 0.5) is 17.1 Å². The van der Waals surface area contributed by atoms with E-state index in [-0.39, 0.29) is 17.4 Å². The Morgan fingerprint density at radius 3 is 1.70 bits per heavy atom. The lowest BCUT2D eigenvalue weighted by atomic mass is 9.64. The number of benzene rings is 4. The molecule has 0 saturated heterocycles. The van der Waals surface area contributed by atoms with Gasteiger partial charge in [0.2, 0.25) is 0 Å². The molecule has 2 N–H and O–H groups in total. The molecule has 0 bridgehead atoms. The van der Waals surface area contributed by atoms with Crippen LogP contribution in [-0.2, 0) is 5.41 Å². The van der Waals surface area contributed by atoms with Crippen LogP contribution in [0, 0.1) is 0 Å². The van der Waals surface area contributed by atoms with E-state index in [1.54, 1.807) is 0 Å². The van der Waals surface area contributed by atoms with E-state index in [2.05, 4.69) is 116 Å². The molecule has 206 valence electrons. The Morgan fingerprint density at radius 1 is 0.675 bits per heavy atom. The Labute approximate surface area is 239 Å². The van der Waals surface area contributed by atoms with Gasteiger partial charge in [-0.25, -0.2) is 0 Å². The van der Waals surface area contributed by atoms with Crippen molar-refractivity contribution in [1.82, 2.24) is 0 Å². The molecule has 6 rings (SSSR count). The molecule has 0 aromatic heterocycles. The Morgan fingerprint density at radius 2 is 1.18 bits per heavy atom. The van der Waals surface area contributed by atoms with Crippen molar-refractivity contribution in [2.75, 3.05) is 41.3 Å². The lowest BCUT2D eigenvalue weighted by molar-refractivity contribution is 0.408. The van der Waals surface area contributed by atoms with Gasteiger partial charge in [-0.3, -0.25) is 0 Å². The van der Waals surface area contributed by atoms with Crippen LogP contribution in [0.1, 0.15) is 68.8 Å². The minimum Gasteiger partial charge on any atom is -0.508 e. The van der Waals surface area contributed by atoms with Crippen molar-refractivity contribution in [3.8, 4) is 16.9 Å². The van der Waals surface area contributed by atoms with Gasteiger partial charge in [0.05, 0.1) is 6.04 Å². The molecule has 2 atom stereocenters. The van der Waals surface area contributed by atoms with Crippen LogP contribution in [0.15, 0.2) is 84.9 Å². The standard InChI is InChI=1S/C36H41N3O/c1-6-38(7-2)24-18-20-30-28(22-24)29-23-25(39(8-3)9-4)19-21-31(29)36(30,5)34-26-14-10-12-16-32(26)37-35(34)27-15-11-13-17-33(27)40/h10-23,34-35,37,40H,6-9H2,1-5H3. The summed E-state index contributed by atoms with van der Waals surface area (Å²) in [5.41, 5.74) is 11.0. The van der Waals surface area contributed by atoms with Gasteiger partial charge in [0, 0.05) is 60.1 Å². The smallest absolute Gasteiger partial charge is 0.120 e. The van der Waals surface area contributed by atoms with E-state index in [4.69, 9.17) is 0 Å². The maximum absolute atomic E-state index is 11.0. The molecule has 0 saturated carbocycles. The molecule has 1 heterocycles. The largest absolute Gasteiger partial charge is 0.508 e. The molecule has 2 unspecified atom stereocenters. The number of para-hydroxylation sites is 2. The maximum Gasteiger partial charge on any atom is 0.120 e. The van der Waals surface area contributed by atoms with Crippen LogP contribution in [0.2, 0.25) is 0 Å². The summed E-state index contributed by atoms with van der Waals surface area (Å²) in [7, 11) is 0. The highest BCUT2D eigenvalue weighted by Gasteiger charge is 2.52. The van der Waals surface area contributed by atoms with E-state index >= 15 is 0 Å². The summed E-state index contributed by atoms with van der Waals surface area (Å²) in [6.45, 7) is 15.3. The third kappa shape index (κ3) is 3.88. The summed E-state index contributed by atoms with van der Waals surface area (Å²) in [6, 6.07) is 30.7. The summed E-state index contributed by atoms with van der Waals surface area (Å²) < 4.78 is 0. The fourth-order valence-corrected chi connectivity index (χ4v) is 7.45. The highest BCUT2D eigenvalue weighted by atomic mass is 16.3. The predicted octanol–water partition coefficient (Wildman–Crippen LogP) is 8.32. The molecule has 0 radical (unpaired) electrons. The fourth-order valence-electron chi connectivity index (χ4n) is 7.45. The second kappa shape index (κ2) is 10.2. The molecule has 0 fully saturated rings. The molecular weight excluding hydrogens is 490 g/mol. The van der Waals surface area contributed by atoms with Crippen LogP contribution in [0.3, 0.4) is 0 Å². The number of fused-ring (bicyclic) bond motifs is 4. The summed E-state index contributed by atoms with van der Waals surface area (Å²) in [5.74, 6) is 0.434. The number of nitrogens with zero attached hydrogens (tertiary/aromatic N) is 2. The van der Waals surface area contributed by atoms with Gasteiger partial charge in [-0.05, 0) is 91.9 Å². The molecule has 40 heavy (non-hydrogen) atoms. The number of phenolic OH excluding ortho intramolecular Hbond substituents is 1. The van der Waals surface area contributed by atoms with Crippen molar-refractivity contribution in [2.45, 2.75) is 52.0 Å². The van der Waals surface area contributed by atoms with Crippen molar-refractivity contribution in [3.05, 3.63) is 107 Å². The van der Waals surface area contributed by atoms with Crippen molar-refractivity contribution >= 4 is 17.1 Å². The summed E-state index contributed by atoms with van der Waals surface area (Å²) in [6.07, 6.45) is 0. The first-order chi connectivity index (χ1) is 19.5. The van der Waals surface area contributed by atoms with Gasteiger partial charge in [0.25, 0.3) is 0 Å². The van der Waals surface area contributed by atoms with Gasteiger partial charge in [-0.1, -0.05) is 55.5 Å². The number of nitrogens with one attached hydrogen (secondary N) is 1. The van der Waals surface area contributed by atoms with Crippen LogP contribution in [0.5, 0.6) is 5.75 Å². The number of hydrogen-bond acceptors (Lipinski definition) is 4. The van der Waals surface area contributed by atoms with E-state index in [0.29, 0.717) is 5.75 Å². The topological polar surface area (TPSA) is 38.7 Å². The molecule has 2 aliphatic rings. The van der Waals surface area contributed by atoms with Gasteiger partial charge in [-0.2, -0.15) is 0 Å². The zero-order chi connectivity index (χ0) is 28.0. The minimum atomic E-state index is -0.305. The molecule has 4 aromatic rings. The number of rotatable bonds is 8. The zero-order valence-electron chi connectivity index (χ0n) is 24.4. The quantitative estimate of drug-likeness (QED) is 0.240. The third-order valence-electron chi connectivity index (χ3n) is 9.51. The van der Waals surface area contributed by atoms with Crippen LogP contribution in [-0.4, -0.2) is 31.3 Å². The van der Waals surface area contributed by atoms with E-state index in [9.17, 15) is 5.11 Å². The Kier molecular flexibility index (Phi) is 6.74. The summed E-state index contributed by atoms with van der Waals surface area (Å²) in [5, 5.41) is 14.9. The molecule has 4 heteroatoms. The molecular formula is C36H41N3O. The van der Waals surface area contributed by atoms with Crippen molar-refractivity contribution in [1.29, 1.82) is 0 Å². The number of hydrogen-bond donors (Lipinski definition) is 2. The maximum atomic E-state index is 11.0. The third-order valence-corrected chi connectivity index (χ3v) is 9.51. The van der Waals surface area contributed by atoms with Gasteiger partial charge >= 0.3 is 0 Å². The first-order valence-corrected chi connectivity index (χ1v) is 14.9. The SMILES string of the molecule is CCN(CC)c1ccc2c(c1)-c1cc(N(CC)CC)ccc1C2(C)C1c2ccccc2NC1c1ccccc1O. The Balaban J connectivity index is 1.62. The normalized spacial score (nSPS) is 18.0. The summed E-state index contributed by atoms with van der Waals surface area (Å²) >= 11 is 0. The predicted molar refractivity (Wildman–Crippen MR) is 169 cm³/mol. The molecule has 4 aromatic carbocycles. The second-order valence-corrected chi connectivity index (χ2v) is 11.3. The Hall–Kier alpha value is -3.92. The average Bonchev–Trinajstić information content (AvgIpc) is 3.49. The van der Waals surface area contributed by atoms with Crippen molar-refractivity contribution in [2.24, 2.45) is 0 Å². The fraction of sp³-hybridized carbons (Fsp3) is 0.333. The average molecular weight is 532 g/mol. The molecule has 0 amide bonds. The van der Waals surface area contributed by atoms with Crippen LogP contribution >= 0.6 is 0 Å². The van der Waals surface area contributed by atoms with Crippen molar-refractivity contribution in [3.63, 3.8) is 0 Å². The first-order valence-electron chi connectivity index (χ1n) is 14.9. The minimum absolute atomic E-state index is 0.0627. The lowest BCUT2D eigenvalue weighted by Gasteiger charge is -2.38. The van der Waals surface area contributed by atoms with E-state index < -0.39 is 0 Å². The Bertz CT molecular complexity index is 1470. The monoisotopic (exact) mass is 531 g/mol. The number of aromatic hydroxyl groups is 1.